The van der Waals surface area contributed by atoms with Crippen LogP contribution in [0.3, 0.4) is 0 Å². The van der Waals surface area contributed by atoms with E-state index >= 15 is 0 Å². The predicted octanol–water partition coefficient (Wildman–Crippen LogP) is 1.93. The molecule has 0 radical (unpaired) electrons. The van der Waals surface area contributed by atoms with Gasteiger partial charge in [-0.2, -0.15) is 5.26 Å². The molecule has 1 atom stereocenters. The largest absolute Gasteiger partial charge is 0.493 e. The summed E-state index contributed by atoms with van der Waals surface area (Å²) < 4.78 is 16.4. The number of ether oxygens (including phenoxy) is 3. The molecule has 0 N–H and O–H groups in total. The Morgan fingerprint density at radius 2 is 2.41 bits per heavy atom. The molecule has 1 saturated heterocycles. The lowest BCUT2D eigenvalue weighted by Crippen LogP contribution is -2.17. The maximum absolute atomic E-state index is 8.80. The van der Waals surface area contributed by atoms with Crippen molar-refractivity contribution >= 4 is 0 Å². The van der Waals surface area contributed by atoms with Gasteiger partial charge in [0.05, 0.1) is 32.8 Å². The molecule has 90 valence electrons. The SMILES string of the molecule is COc1cccc(CC#N)c1OC1CCOC1. The second-order valence-electron chi connectivity index (χ2n) is 3.89. The highest BCUT2D eigenvalue weighted by atomic mass is 16.6. The summed E-state index contributed by atoms with van der Waals surface area (Å²) in [6.45, 7) is 1.33. The Bertz CT molecular complexity index is 419. The smallest absolute Gasteiger partial charge is 0.165 e. The monoisotopic (exact) mass is 233 g/mol. The Labute approximate surface area is 101 Å². The summed E-state index contributed by atoms with van der Waals surface area (Å²) in [6.07, 6.45) is 1.26. The van der Waals surface area contributed by atoms with E-state index in [2.05, 4.69) is 6.07 Å². The quantitative estimate of drug-likeness (QED) is 0.797. The molecule has 0 saturated carbocycles. The van der Waals surface area contributed by atoms with Gasteiger partial charge in [-0.3, -0.25) is 0 Å². The van der Waals surface area contributed by atoms with Gasteiger partial charge < -0.3 is 14.2 Å². The number of methoxy groups -OCH3 is 1. The second kappa shape index (κ2) is 5.55. The summed E-state index contributed by atoms with van der Waals surface area (Å²) in [7, 11) is 1.60. The van der Waals surface area contributed by atoms with E-state index in [9.17, 15) is 0 Å². The fraction of sp³-hybridized carbons (Fsp3) is 0.462. The van der Waals surface area contributed by atoms with Gasteiger partial charge >= 0.3 is 0 Å². The summed E-state index contributed by atoms with van der Waals surface area (Å²) in [5.41, 5.74) is 0.860. The summed E-state index contributed by atoms with van der Waals surface area (Å²) >= 11 is 0. The number of para-hydroxylation sites is 1. The van der Waals surface area contributed by atoms with Crippen molar-refractivity contribution in [2.24, 2.45) is 0 Å². The van der Waals surface area contributed by atoms with Crippen molar-refractivity contribution in [1.29, 1.82) is 5.26 Å². The predicted molar refractivity (Wildman–Crippen MR) is 62.2 cm³/mol. The Hall–Kier alpha value is -1.73. The number of nitrogens with zero attached hydrogens (tertiary/aromatic N) is 1. The maximum Gasteiger partial charge on any atom is 0.165 e. The van der Waals surface area contributed by atoms with E-state index in [1.54, 1.807) is 7.11 Å². The van der Waals surface area contributed by atoms with Gasteiger partial charge in [0.25, 0.3) is 0 Å². The highest BCUT2D eigenvalue weighted by Gasteiger charge is 2.20. The van der Waals surface area contributed by atoms with E-state index < -0.39 is 0 Å². The Balaban J connectivity index is 2.24. The molecule has 1 aromatic carbocycles. The van der Waals surface area contributed by atoms with E-state index in [1.807, 2.05) is 18.2 Å². The molecule has 2 rings (SSSR count). The molecule has 1 aliphatic rings. The van der Waals surface area contributed by atoms with Crippen LogP contribution in [-0.2, 0) is 11.2 Å². The van der Waals surface area contributed by atoms with Crippen LogP contribution in [0.1, 0.15) is 12.0 Å². The van der Waals surface area contributed by atoms with Crippen molar-refractivity contribution in [3.05, 3.63) is 23.8 Å². The third-order valence-electron chi connectivity index (χ3n) is 2.72. The van der Waals surface area contributed by atoms with E-state index in [4.69, 9.17) is 19.5 Å². The molecule has 4 nitrogen and oxygen atoms in total. The van der Waals surface area contributed by atoms with Gasteiger partial charge in [-0.25, -0.2) is 0 Å². The molecule has 17 heavy (non-hydrogen) atoms. The van der Waals surface area contributed by atoms with Crippen LogP contribution in [0.5, 0.6) is 11.5 Å². The summed E-state index contributed by atoms with van der Waals surface area (Å²) in [6, 6.07) is 7.72. The molecular weight excluding hydrogens is 218 g/mol. The van der Waals surface area contributed by atoms with E-state index in [1.165, 1.54) is 0 Å². The van der Waals surface area contributed by atoms with Gasteiger partial charge in [-0.15, -0.1) is 0 Å². The Morgan fingerprint density at radius 1 is 1.53 bits per heavy atom. The summed E-state index contributed by atoms with van der Waals surface area (Å²) in [5, 5.41) is 8.80. The average molecular weight is 233 g/mol. The fourth-order valence-corrected chi connectivity index (χ4v) is 1.85. The molecule has 1 aliphatic heterocycles. The van der Waals surface area contributed by atoms with Crippen LogP contribution in [0.4, 0.5) is 0 Å². The second-order valence-corrected chi connectivity index (χ2v) is 3.89. The molecule has 0 bridgehead atoms. The van der Waals surface area contributed by atoms with Crippen LogP contribution in [0.2, 0.25) is 0 Å². The molecule has 0 aromatic heterocycles. The lowest BCUT2D eigenvalue weighted by atomic mass is 10.1. The maximum atomic E-state index is 8.80. The van der Waals surface area contributed by atoms with E-state index in [0.29, 0.717) is 24.5 Å². The van der Waals surface area contributed by atoms with E-state index in [-0.39, 0.29) is 6.10 Å². The third kappa shape index (κ3) is 2.69. The average Bonchev–Trinajstić information content (AvgIpc) is 2.84. The van der Waals surface area contributed by atoms with Gasteiger partial charge in [-0.1, -0.05) is 12.1 Å². The highest BCUT2D eigenvalue weighted by molar-refractivity contribution is 5.47. The molecule has 1 aromatic rings. The van der Waals surface area contributed by atoms with Crippen LogP contribution < -0.4 is 9.47 Å². The molecule has 1 heterocycles. The van der Waals surface area contributed by atoms with Gasteiger partial charge in [-0.05, 0) is 6.07 Å². The molecule has 1 fully saturated rings. The Kier molecular flexibility index (Phi) is 3.84. The topological polar surface area (TPSA) is 51.5 Å². The minimum atomic E-state index is 0.0590. The van der Waals surface area contributed by atoms with Crippen molar-refractivity contribution in [2.75, 3.05) is 20.3 Å². The first-order valence-electron chi connectivity index (χ1n) is 5.62. The zero-order valence-corrected chi connectivity index (χ0v) is 9.81. The number of rotatable bonds is 4. The first kappa shape index (κ1) is 11.7. The van der Waals surface area contributed by atoms with Gasteiger partial charge in [0.2, 0.25) is 0 Å². The van der Waals surface area contributed by atoms with Crippen molar-refractivity contribution in [1.82, 2.24) is 0 Å². The number of nitriles is 1. The van der Waals surface area contributed by atoms with Crippen LogP contribution in [0.15, 0.2) is 18.2 Å². The van der Waals surface area contributed by atoms with Crippen LogP contribution in [0, 0.1) is 11.3 Å². The summed E-state index contributed by atoms with van der Waals surface area (Å²) in [4.78, 5) is 0. The highest BCUT2D eigenvalue weighted by Crippen LogP contribution is 2.33. The summed E-state index contributed by atoms with van der Waals surface area (Å²) in [5.74, 6) is 1.34. The molecule has 0 amide bonds. The minimum absolute atomic E-state index is 0.0590. The lowest BCUT2D eigenvalue weighted by Gasteiger charge is -2.17. The molecule has 1 unspecified atom stereocenters. The van der Waals surface area contributed by atoms with Crippen molar-refractivity contribution < 1.29 is 14.2 Å². The van der Waals surface area contributed by atoms with Gasteiger partial charge in [0, 0.05) is 12.0 Å². The minimum Gasteiger partial charge on any atom is -0.493 e. The molecule has 0 aliphatic carbocycles. The van der Waals surface area contributed by atoms with Gasteiger partial charge in [0.1, 0.15) is 6.10 Å². The lowest BCUT2D eigenvalue weighted by molar-refractivity contribution is 0.138. The molecule has 0 spiro atoms. The van der Waals surface area contributed by atoms with Gasteiger partial charge in [0.15, 0.2) is 11.5 Å². The van der Waals surface area contributed by atoms with Crippen molar-refractivity contribution in [3.63, 3.8) is 0 Å². The fourth-order valence-electron chi connectivity index (χ4n) is 1.85. The zero-order chi connectivity index (χ0) is 12.1. The van der Waals surface area contributed by atoms with Crippen LogP contribution in [0.25, 0.3) is 0 Å². The first-order valence-corrected chi connectivity index (χ1v) is 5.62. The number of hydrogen-bond acceptors (Lipinski definition) is 4. The van der Waals surface area contributed by atoms with Crippen molar-refractivity contribution in [3.8, 4) is 17.6 Å². The third-order valence-corrected chi connectivity index (χ3v) is 2.72. The molecule has 4 heteroatoms. The zero-order valence-electron chi connectivity index (χ0n) is 9.81. The number of hydrogen-bond donors (Lipinski definition) is 0. The normalized spacial score (nSPS) is 18.7. The molecular formula is C13H15NO3. The van der Waals surface area contributed by atoms with Crippen LogP contribution >= 0.6 is 0 Å². The standard InChI is InChI=1S/C13H15NO3/c1-15-12-4-2-3-10(5-7-14)13(12)17-11-6-8-16-9-11/h2-4,11H,5-6,8-9H2,1H3. The van der Waals surface area contributed by atoms with Crippen molar-refractivity contribution in [2.45, 2.75) is 18.9 Å². The van der Waals surface area contributed by atoms with E-state index in [0.717, 1.165) is 18.6 Å². The number of benzene rings is 1. The Morgan fingerprint density at radius 3 is 3.06 bits per heavy atom. The van der Waals surface area contributed by atoms with Crippen LogP contribution in [-0.4, -0.2) is 26.4 Å². The first-order chi connectivity index (χ1) is 8.35.